The van der Waals surface area contributed by atoms with E-state index in [1.54, 1.807) is 0 Å². The Kier molecular flexibility index (Phi) is 3.27. The van der Waals surface area contributed by atoms with Gasteiger partial charge in [0.25, 0.3) is 11.8 Å². The Bertz CT molecular complexity index is 722. The molecule has 1 heterocycles. The molecular weight excluding hydrogens is 250 g/mol. The van der Waals surface area contributed by atoms with Gasteiger partial charge in [-0.3, -0.25) is 25.2 Å². The number of nitrogens with one attached hydrogen (secondary N) is 3. The minimum Gasteiger partial charge on any atom is -0.360 e. The van der Waals surface area contributed by atoms with Crippen LogP contribution < -0.4 is 28.0 Å². The zero-order chi connectivity index (χ0) is 14.0. The summed E-state index contributed by atoms with van der Waals surface area (Å²) < 4.78 is 0. The molecule has 0 saturated carbocycles. The van der Waals surface area contributed by atoms with Gasteiger partial charge >= 0.3 is 0 Å². The zero-order valence-electron chi connectivity index (χ0n) is 9.69. The summed E-state index contributed by atoms with van der Waals surface area (Å²) in [5, 5.41) is 0.273. The quantitative estimate of drug-likeness (QED) is 0.260. The van der Waals surface area contributed by atoms with E-state index >= 15 is 0 Å². The van der Waals surface area contributed by atoms with Crippen molar-refractivity contribution in [2.24, 2.45) is 11.7 Å². The number of aromatic amines is 1. The summed E-state index contributed by atoms with van der Waals surface area (Å²) in [4.78, 5) is 37.5. The molecule has 0 bridgehead atoms. The molecule has 0 aliphatic carbocycles. The van der Waals surface area contributed by atoms with Gasteiger partial charge in [0.05, 0.1) is 5.52 Å². The van der Waals surface area contributed by atoms with Crippen LogP contribution in [0.5, 0.6) is 0 Å². The highest BCUT2D eigenvalue weighted by molar-refractivity contribution is 6.00. The number of hydrogen-bond acceptors (Lipinski definition) is 5. The monoisotopic (exact) mass is 261 g/mol. The van der Waals surface area contributed by atoms with Crippen LogP contribution in [0.1, 0.15) is 20.7 Å². The molecule has 19 heavy (non-hydrogen) atoms. The van der Waals surface area contributed by atoms with E-state index in [-0.39, 0.29) is 10.9 Å². The molecule has 98 valence electrons. The van der Waals surface area contributed by atoms with E-state index in [0.29, 0.717) is 11.1 Å². The molecule has 0 spiro atoms. The number of aromatic nitrogens is 1. The first-order chi connectivity index (χ1) is 9.08. The van der Waals surface area contributed by atoms with Gasteiger partial charge in [0.1, 0.15) is 5.56 Å². The summed E-state index contributed by atoms with van der Waals surface area (Å²) in [6.45, 7) is 0. The standard InChI is InChI=1S/C11H11N5O3/c12-15-10(18)5-1-2-6-8(3-5)14-4-7(9(6)17)11(19)16-13/h1-4H,12-13H2,(H,14,17)(H,15,18)(H,16,19). The van der Waals surface area contributed by atoms with Crippen LogP contribution in [0, 0.1) is 0 Å². The molecule has 2 aromatic rings. The summed E-state index contributed by atoms with van der Waals surface area (Å²) in [7, 11) is 0. The number of nitrogens with two attached hydrogens (primary N) is 2. The van der Waals surface area contributed by atoms with Gasteiger partial charge in [0.15, 0.2) is 0 Å². The fourth-order valence-corrected chi connectivity index (χ4v) is 1.69. The SMILES string of the molecule is NNC(=O)c1ccc2c(=O)c(C(=O)NN)c[nH]c2c1. The predicted octanol–water partition coefficient (Wildman–Crippen LogP) is -1.26. The maximum absolute atomic E-state index is 12.0. The van der Waals surface area contributed by atoms with Gasteiger partial charge < -0.3 is 4.98 Å². The maximum Gasteiger partial charge on any atom is 0.270 e. The molecule has 0 radical (unpaired) electrons. The number of hydrogen-bond donors (Lipinski definition) is 5. The van der Waals surface area contributed by atoms with Crippen LogP contribution in [0.3, 0.4) is 0 Å². The van der Waals surface area contributed by atoms with Crippen LogP contribution in [-0.4, -0.2) is 16.8 Å². The lowest BCUT2D eigenvalue weighted by molar-refractivity contribution is 0.0944. The first-order valence-corrected chi connectivity index (χ1v) is 5.26. The number of fused-ring (bicyclic) bond motifs is 1. The molecule has 8 heteroatoms. The van der Waals surface area contributed by atoms with Crippen molar-refractivity contribution in [3.8, 4) is 0 Å². The molecule has 0 atom stereocenters. The van der Waals surface area contributed by atoms with E-state index in [4.69, 9.17) is 11.7 Å². The van der Waals surface area contributed by atoms with Gasteiger partial charge in [-0.05, 0) is 18.2 Å². The molecule has 0 unspecified atom stereocenters. The van der Waals surface area contributed by atoms with Crippen molar-refractivity contribution >= 4 is 22.7 Å². The van der Waals surface area contributed by atoms with Crippen LogP contribution in [0.15, 0.2) is 29.2 Å². The molecule has 2 rings (SSSR count). The zero-order valence-corrected chi connectivity index (χ0v) is 9.69. The number of hydrazine groups is 2. The van der Waals surface area contributed by atoms with E-state index in [1.807, 2.05) is 10.9 Å². The van der Waals surface area contributed by atoms with E-state index in [2.05, 4.69) is 4.98 Å². The molecule has 1 aromatic carbocycles. The van der Waals surface area contributed by atoms with Crippen molar-refractivity contribution in [3.63, 3.8) is 0 Å². The highest BCUT2D eigenvalue weighted by Crippen LogP contribution is 2.11. The van der Waals surface area contributed by atoms with Gasteiger partial charge in [-0.1, -0.05) is 0 Å². The van der Waals surface area contributed by atoms with Crippen molar-refractivity contribution < 1.29 is 9.59 Å². The van der Waals surface area contributed by atoms with Crippen molar-refractivity contribution in [1.82, 2.24) is 15.8 Å². The van der Waals surface area contributed by atoms with Crippen LogP contribution in [0.25, 0.3) is 10.9 Å². The normalized spacial score (nSPS) is 10.2. The average molecular weight is 261 g/mol. The van der Waals surface area contributed by atoms with E-state index < -0.39 is 17.2 Å². The Morgan fingerprint density at radius 3 is 2.42 bits per heavy atom. The van der Waals surface area contributed by atoms with E-state index in [1.165, 1.54) is 24.4 Å². The third-order valence-electron chi connectivity index (χ3n) is 2.65. The van der Waals surface area contributed by atoms with Crippen LogP contribution in [-0.2, 0) is 0 Å². The van der Waals surface area contributed by atoms with Crippen LogP contribution >= 0.6 is 0 Å². The summed E-state index contributed by atoms with van der Waals surface area (Å²) in [5.41, 5.74) is 4.00. The van der Waals surface area contributed by atoms with Crippen molar-refractivity contribution in [2.75, 3.05) is 0 Å². The lowest BCUT2D eigenvalue weighted by atomic mass is 10.1. The van der Waals surface area contributed by atoms with Gasteiger partial charge in [0, 0.05) is 17.1 Å². The largest absolute Gasteiger partial charge is 0.360 e. The number of H-pyrrole nitrogens is 1. The fourth-order valence-electron chi connectivity index (χ4n) is 1.69. The Hall–Kier alpha value is -2.71. The Morgan fingerprint density at radius 1 is 1.11 bits per heavy atom. The highest BCUT2D eigenvalue weighted by atomic mass is 16.2. The van der Waals surface area contributed by atoms with Crippen molar-refractivity contribution in [2.45, 2.75) is 0 Å². The first-order valence-electron chi connectivity index (χ1n) is 5.26. The van der Waals surface area contributed by atoms with E-state index in [9.17, 15) is 14.4 Å². The molecule has 0 saturated heterocycles. The number of pyridine rings is 1. The molecule has 0 aliphatic rings. The number of nitrogen functional groups attached to an aromatic ring is 2. The van der Waals surface area contributed by atoms with Crippen molar-refractivity contribution in [1.29, 1.82) is 0 Å². The third-order valence-corrected chi connectivity index (χ3v) is 2.65. The van der Waals surface area contributed by atoms with Crippen LogP contribution in [0.4, 0.5) is 0 Å². The van der Waals surface area contributed by atoms with Crippen molar-refractivity contribution in [3.05, 3.63) is 45.7 Å². The average Bonchev–Trinajstić information content (AvgIpc) is 2.45. The second kappa shape index (κ2) is 4.88. The number of carbonyl (C=O) groups excluding carboxylic acids is 2. The molecular formula is C11H11N5O3. The summed E-state index contributed by atoms with van der Waals surface area (Å²) in [6.07, 6.45) is 1.23. The number of carbonyl (C=O) groups is 2. The van der Waals surface area contributed by atoms with E-state index in [0.717, 1.165) is 0 Å². The molecule has 0 fully saturated rings. The second-order valence-corrected chi connectivity index (χ2v) is 3.74. The highest BCUT2D eigenvalue weighted by Gasteiger charge is 2.13. The minimum atomic E-state index is -0.688. The second-order valence-electron chi connectivity index (χ2n) is 3.74. The predicted molar refractivity (Wildman–Crippen MR) is 67.9 cm³/mol. The molecule has 2 amide bonds. The smallest absolute Gasteiger partial charge is 0.270 e. The summed E-state index contributed by atoms with van der Waals surface area (Å²) in [5.74, 6) is 8.83. The Balaban J connectivity index is 2.63. The lowest BCUT2D eigenvalue weighted by Crippen LogP contribution is -2.34. The van der Waals surface area contributed by atoms with Gasteiger partial charge in [-0.15, -0.1) is 0 Å². The van der Waals surface area contributed by atoms with Gasteiger partial charge in [-0.2, -0.15) is 0 Å². The topological polar surface area (TPSA) is 143 Å². The van der Waals surface area contributed by atoms with Gasteiger partial charge in [0.2, 0.25) is 5.43 Å². The molecule has 0 aliphatic heterocycles. The Morgan fingerprint density at radius 2 is 1.79 bits per heavy atom. The third kappa shape index (κ3) is 2.17. The lowest BCUT2D eigenvalue weighted by Gasteiger charge is -2.04. The first kappa shape index (κ1) is 12.7. The number of amides is 2. The maximum atomic E-state index is 12.0. The summed E-state index contributed by atoms with van der Waals surface area (Å²) in [6, 6.07) is 4.33. The molecule has 7 N–H and O–H groups in total. The molecule has 1 aromatic heterocycles. The number of benzene rings is 1. The van der Waals surface area contributed by atoms with Gasteiger partial charge in [-0.25, -0.2) is 11.7 Å². The summed E-state index contributed by atoms with van der Waals surface area (Å²) >= 11 is 0. The van der Waals surface area contributed by atoms with Crippen LogP contribution in [0.2, 0.25) is 0 Å². The molecule has 8 nitrogen and oxygen atoms in total. The number of rotatable bonds is 2. The fraction of sp³-hybridized carbons (Fsp3) is 0. The Labute approximate surface area is 106 Å². The minimum absolute atomic E-state index is 0.106.